The number of carbonyl (C=O) groups is 2. The van der Waals surface area contributed by atoms with Gasteiger partial charge in [-0.1, -0.05) is 6.92 Å². The van der Waals surface area contributed by atoms with E-state index in [0.29, 0.717) is 50.6 Å². The van der Waals surface area contributed by atoms with Crippen molar-refractivity contribution in [2.24, 2.45) is 7.05 Å². The predicted octanol–water partition coefficient (Wildman–Crippen LogP) is 1.67. The summed E-state index contributed by atoms with van der Waals surface area (Å²) < 4.78 is 7.65. The van der Waals surface area contributed by atoms with E-state index < -0.39 is 0 Å². The molecule has 1 N–H and O–H groups in total. The van der Waals surface area contributed by atoms with Gasteiger partial charge in [-0.25, -0.2) is 4.98 Å². The lowest BCUT2D eigenvalue weighted by atomic mass is 10.1. The van der Waals surface area contributed by atoms with Crippen LogP contribution in [0.1, 0.15) is 36.5 Å². The van der Waals surface area contributed by atoms with E-state index in [1.54, 1.807) is 18.3 Å². The van der Waals surface area contributed by atoms with Crippen LogP contribution in [0.5, 0.6) is 5.75 Å². The van der Waals surface area contributed by atoms with Gasteiger partial charge in [0.15, 0.2) is 0 Å². The van der Waals surface area contributed by atoms with Gasteiger partial charge in [-0.15, -0.1) is 0 Å². The summed E-state index contributed by atoms with van der Waals surface area (Å²) in [7, 11) is 1.92. The predicted molar refractivity (Wildman–Crippen MR) is 114 cm³/mol. The number of nitrogens with zero attached hydrogens (tertiary/aromatic N) is 4. The molecule has 1 fully saturated rings. The minimum atomic E-state index is 0.00866. The van der Waals surface area contributed by atoms with Crippen molar-refractivity contribution in [1.82, 2.24) is 24.7 Å². The lowest BCUT2D eigenvalue weighted by Gasteiger charge is -2.34. The highest BCUT2D eigenvalue weighted by Gasteiger charge is 2.23. The van der Waals surface area contributed by atoms with E-state index in [1.807, 2.05) is 41.8 Å². The van der Waals surface area contributed by atoms with Crippen molar-refractivity contribution in [1.29, 1.82) is 0 Å². The molecule has 0 saturated carbocycles. The first kappa shape index (κ1) is 21.8. The molecule has 0 bridgehead atoms. The Labute approximate surface area is 177 Å². The third-order valence-electron chi connectivity index (χ3n) is 5.44. The quantitative estimate of drug-likeness (QED) is 0.712. The maximum atomic E-state index is 12.8. The van der Waals surface area contributed by atoms with Gasteiger partial charge in [-0.05, 0) is 37.6 Å². The van der Waals surface area contributed by atoms with Crippen molar-refractivity contribution < 1.29 is 14.3 Å². The Kier molecular flexibility index (Phi) is 7.46. The molecule has 1 aliphatic rings. The Hall–Kier alpha value is -2.87. The first-order chi connectivity index (χ1) is 14.5. The molecule has 1 aromatic heterocycles. The minimum absolute atomic E-state index is 0.00866. The van der Waals surface area contributed by atoms with E-state index in [9.17, 15) is 9.59 Å². The van der Waals surface area contributed by atoms with Gasteiger partial charge in [0.1, 0.15) is 18.2 Å². The minimum Gasteiger partial charge on any atom is -0.486 e. The molecule has 8 heteroatoms. The first-order valence-electron chi connectivity index (χ1n) is 10.5. The first-order valence-corrected chi connectivity index (χ1v) is 10.5. The molecule has 1 saturated heterocycles. The molecule has 0 radical (unpaired) electrons. The number of aryl methyl sites for hydroxylation is 1. The molecule has 30 heavy (non-hydrogen) atoms. The van der Waals surface area contributed by atoms with Crippen LogP contribution < -0.4 is 10.1 Å². The number of rotatable bonds is 8. The molecule has 2 heterocycles. The standard InChI is InChI=1S/C22H31N5O3/c1-4-17(2)24-21(28)15-26-11-13-27(14-12-26)22(29)18-5-7-19(8-6-18)30-16-20-23-9-10-25(20)3/h5-10,17H,4,11-16H2,1-3H3,(H,24,28). The summed E-state index contributed by atoms with van der Waals surface area (Å²) in [6.07, 6.45) is 4.53. The second kappa shape index (κ2) is 10.2. The number of imidazole rings is 1. The van der Waals surface area contributed by atoms with E-state index in [2.05, 4.69) is 22.1 Å². The van der Waals surface area contributed by atoms with E-state index in [-0.39, 0.29) is 17.9 Å². The zero-order chi connectivity index (χ0) is 21.5. The van der Waals surface area contributed by atoms with Crippen LogP contribution >= 0.6 is 0 Å². The van der Waals surface area contributed by atoms with Crippen LogP contribution in [0.15, 0.2) is 36.7 Å². The highest BCUT2D eigenvalue weighted by atomic mass is 16.5. The fourth-order valence-corrected chi connectivity index (χ4v) is 3.29. The third kappa shape index (κ3) is 5.82. The van der Waals surface area contributed by atoms with Crippen molar-refractivity contribution in [3.63, 3.8) is 0 Å². The molecule has 1 unspecified atom stereocenters. The molecule has 1 aliphatic heterocycles. The zero-order valence-electron chi connectivity index (χ0n) is 18.0. The van der Waals surface area contributed by atoms with Gasteiger partial charge in [0.25, 0.3) is 5.91 Å². The van der Waals surface area contributed by atoms with Crippen molar-refractivity contribution in [3.8, 4) is 5.75 Å². The van der Waals surface area contributed by atoms with E-state index >= 15 is 0 Å². The maximum Gasteiger partial charge on any atom is 0.253 e. The van der Waals surface area contributed by atoms with Gasteiger partial charge in [0.2, 0.25) is 5.91 Å². The van der Waals surface area contributed by atoms with Crippen LogP contribution in [0.2, 0.25) is 0 Å². The van der Waals surface area contributed by atoms with E-state index in [0.717, 1.165) is 12.2 Å². The fourth-order valence-electron chi connectivity index (χ4n) is 3.29. The maximum absolute atomic E-state index is 12.8. The molecule has 3 rings (SSSR count). The van der Waals surface area contributed by atoms with Crippen molar-refractivity contribution in [2.75, 3.05) is 32.7 Å². The number of aromatic nitrogens is 2. The van der Waals surface area contributed by atoms with Gasteiger partial charge in [-0.2, -0.15) is 0 Å². The lowest BCUT2D eigenvalue weighted by molar-refractivity contribution is -0.123. The summed E-state index contributed by atoms with van der Waals surface area (Å²) in [6, 6.07) is 7.40. The Morgan fingerprint density at radius 2 is 1.87 bits per heavy atom. The molecule has 0 spiro atoms. The smallest absolute Gasteiger partial charge is 0.253 e. The van der Waals surface area contributed by atoms with Gasteiger partial charge in [-0.3, -0.25) is 14.5 Å². The third-order valence-corrected chi connectivity index (χ3v) is 5.44. The van der Waals surface area contributed by atoms with Gasteiger partial charge >= 0.3 is 0 Å². The highest BCUT2D eigenvalue weighted by molar-refractivity contribution is 5.94. The van der Waals surface area contributed by atoms with Gasteiger partial charge < -0.3 is 19.5 Å². The van der Waals surface area contributed by atoms with E-state index in [1.165, 1.54) is 0 Å². The molecule has 2 aromatic rings. The number of amides is 2. The Morgan fingerprint density at radius 3 is 2.47 bits per heavy atom. The van der Waals surface area contributed by atoms with Crippen molar-refractivity contribution >= 4 is 11.8 Å². The number of benzene rings is 1. The monoisotopic (exact) mass is 413 g/mol. The Balaban J connectivity index is 1.45. The Bertz CT molecular complexity index is 841. The Morgan fingerprint density at radius 1 is 1.17 bits per heavy atom. The van der Waals surface area contributed by atoms with Crippen LogP contribution in [-0.4, -0.2) is 69.9 Å². The average molecular weight is 414 g/mol. The SMILES string of the molecule is CCC(C)NC(=O)CN1CCN(C(=O)c2ccc(OCc3nccn3C)cc2)CC1. The summed E-state index contributed by atoms with van der Waals surface area (Å²) in [5.74, 6) is 1.59. The van der Waals surface area contributed by atoms with Gasteiger partial charge in [0.05, 0.1) is 6.54 Å². The number of nitrogens with one attached hydrogen (secondary N) is 1. The molecule has 162 valence electrons. The summed E-state index contributed by atoms with van der Waals surface area (Å²) in [6.45, 7) is 7.45. The van der Waals surface area contributed by atoms with Gasteiger partial charge in [0, 0.05) is 57.2 Å². The largest absolute Gasteiger partial charge is 0.486 e. The van der Waals surface area contributed by atoms with Crippen LogP contribution in [0.4, 0.5) is 0 Å². The van der Waals surface area contributed by atoms with Crippen LogP contribution in [-0.2, 0) is 18.4 Å². The number of ether oxygens (including phenoxy) is 1. The molecular formula is C22H31N5O3. The molecule has 0 aliphatic carbocycles. The second-order valence-electron chi connectivity index (χ2n) is 7.71. The second-order valence-corrected chi connectivity index (χ2v) is 7.71. The number of piperazine rings is 1. The fraction of sp³-hybridized carbons (Fsp3) is 0.500. The summed E-state index contributed by atoms with van der Waals surface area (Å²) in [5, 5.41) is 2.99. The molecule has 2 amide bonds. The number of hydrogen-bond donors (Lipinski definition) is 1. The molecule has 1 aromatic carbocycles. The van der Waals surface area contributed by atoms with Crippen LogP contribution in [0.3, 0.4) is 0 Å². The average Bonchev–Trinajstić information content (AvgIpc) is 3.17. The molecule has 8 nitrogen and oxygen atoms in total. The lowest BCUT2D eigenvalue weighted by Crippen LogP contribution is -2.51. The highest BCUT2D eigenvalue weighted by Crippen LogP contribution is 2.16. The van der Waals surface area contributed by atoms with Crippen molar-refractivity contribution in [3.05, 3.63) is 48.0 Å². The summed E-state index contributed by atoms with van der Waals surface area (Å²) >= 11 is 0. The van der Waals surface area contributed by atoms with Crippen molar-refractivity contribution in [2.45, 2.75) is 32.9 Å². The number of carbonyl (C=O) groups excluding carboxylic acids is 2. The van der Waals surface area contributed by atoms with E-state index in [4.69, 9.17) is 4.74 Å². The molecule has 1 atom stereocenters. The topological polar surface area (TPSA) is 79.7 Å². The van der Waals surface area contributed by atoms with Crippen LogP contribution in [0.25, 0.3) is 0 Å². The summed E-state index contributed by atoms with van der Waals surface area (Å²) in [5.41, 5.74) is 0.641. The molecular weight excluding hydrogens is 382 g/mol. The zero-order valence-corrected chi connectivity index (χ0v) is 18.0. The normalized spacial score (nSPS) is 15.6. The number of hydrogen-bond acceptors (Lipinski definition) is 5. The summed E-state index contributed by atoms with van der Waals surface area (Å²) in [4.78, 5) is 33.0. The van der Waals surface area contributed by atoms with Crippen LogP contribution in [0, 0.1) is 0 Å².